The number of nitrogens with two attached hydrogens (primary N) is 1. The summed E-state index contributed by atoms with van der Waals surface area (Å²) in [4.78, 5) is 0. The van der Waals surface area contributed by atoms with Gasteiger partial charge in [0.1, 0.15) is 0 Å². The van der Waals surface area contributed by atoms with E-state index in [0.717, 1.165) is 17.3 Å². The van der Waals surface area contributed by atoms with Gasteiger partial charge in [-0.1, -0.05) is 13.8 Å². The molecule has 3 heteroatoms. The van der Waals surface area contributed by atoms with Crippen molar-refractivity contribution in [3.8, 4) is 0 Å². The maximum Gasteiger partial charge on any atom is 0.0578 e. The fraction of sp³-hybridized carbons (Fsp3) is 0.667. The van der Waals surface area contributed by atoms with E-state index in [9.17, 15) is 0 Å². The molecule has 4 saturated carbocycles. The van der Waals surface area contributed by atoms with E-state index in [-0.39, 0.29) is 5.54 Å². The molecule has 4 fully saturated rings. The van der Waals surface area contributed by atoms with Crippen molar-refractivity contribution in [3.05, 3.63) is 21.8 Å². The summed E-state index contributed by atoms with van der Waals surface area (Å²) in [5, 5.41) is 3.90. The third kappa shape index (κ3) is 2.36. The molecule has 4 bridgehead atoms. The molecule has 0 saturated heterocycles. The van der Waals surface area contributed by atoms with Crippen molar-refractivity contribution in [1.82, 2.24) is 0 Å². The Balaban J connectivity index is 1.68. The number of hydrogen-bond donors (Lipinski definition) is 2. The normalized spacial score (nSPS) is 44.0. The molecule has 114 valence electrons. The van der Waals surface area contributed by atoms with E-state index in [1.54, 1.807) is 0 Å². The molecule has 4 aliphatic carbocycles. The maximum absolute atomic E-state index is 6.25. The lowest BCUT2D eigenvalue weighted by atomic mass is 9.43. The third-order valence-electron chi connectivity index (χ3n) is 6.04. The Morgan fingerprint density at radius 2 is 1.76 bits per heavy atom. The van der Waals surface area contributed by atoms with Gasteiger partial charge in [0.05, 0.1) is 11.4 Å². The minimum absolute atomic E-state index is 0.282. The lowest BCUT2D eigenvalue weighted by molar-refractivity contribution is -0.0972. The second kappa shape index (κ2) is 4.30. The van der Waals surface area contributed by atoms with E-state index in [4.69, 9.17) is 5.73 Å². The highest BCUT2D eigenvalue weighted by atomic mass is 127. The van der Waals surface area contributed by atoms with Gasteiger partial charge in [-0.3, -0.25) is 0 Å². The Kier molecular flexibility index (Phi) is 2.90. The van der Waals surface area contributed by atoms with Gasteiger partial charge < -0.3 is 11.1 Å². The van der Waals surface area contributed by atoms with Crippen LogP contribution >= 0.6 is 22.6 Å². The number of hydrogen-bond acceptors (Lipinski definition) is 2. The van der Waals surface area contributed by atoms with Crippen molar-refractivity contribution < 1.29 is 0 Å². The van der Waals surface area contributed by atoms with Crippen LogP contribution < -0.4 is 11.1 Å². The Labute approximate surface area is 141 Å². The number of anilines is 2. The number of nitrogens with one attached hydrogen (secondary N) is 1. The van der Waals surface area contributed by atoms with Gasteiger partial charge in [-0.2, -0.15) is 0 Å². The summed E-state index contributed by atoms with van der Waals surface area (Å²) in [5.74, 6) is 0.911. The average molecular weight is 396 g/mol. The largest absolute Gasteiger partial charge is 0.397 e. The fourth-order valence-electron chi connectivity index (χ4n) is 6.52. The van der Waals surface area contributed by atoms with Crippen molar-refractivity contribution in [2.24, 2.45) is 16.7 Å². The van der Waals surface area contributed by atoms with Crippen LogP contribution in [0.2, 0.25) is 0 Å². The summed E-state index contributed by atoms with van der Waals surface area (Å²) in [6, 6.07) is 6.40. The van der Waals surface area contributed by atoms with Gasteiger partial charge in [-0.05, 0) is 96.1 Å². The average Bonchev–Trinajstić information content (AvgIpc) is 2.28. The molecular weight excluding hydrogens is 371 g/mol. The van der Waals surface area contributed by atoms with E-state index < -0.39 is 0 Å². The fourth-order valence-corrected chi connectivity index (χ4v) is 7.04. The summed E-state index contributed by atoms with van der Waals surface area (Å²) in [6.45, 7) is 5.03. The number of nitrogen functional groups attached to an aromatic ring is 1. The van der Waals surface area contributed by atoms with Crippen LogP contribution in [-0.4, -0.2) is 5.54 Å². The molecule has 21 heavy (non-hydrogen) atoms. The van der Waals surface area contributed by atoms with E-state index in [1.807, 2.05) is 0 Å². The van der Waals surface area contributed by atoms with Gasteiger partial charge in [0.15, 0.2) is 0 Å². The number of halogens is 1. The topological polar surface area (TPSA) is 38.0 Å². The molecule has 0 heterocycles. The quantitative estimate of drug-likeness (QED) is 0.543. The summed E-state index contributed by atoms with van der Waals surface area (Å²) in [5.41, 5.74) is 9.65. The highest BCUT2D eigenvalue weighted by molar-refractivity contribution is 14.1. The van der Waals surface area contributed by atoms with Crippen molar-refractivity contribution in [2.75, 3.05) is 11.1 Å². The standard InChI is InChI=1S/C18H25IN2/c1-16-6-12-7-17(2,9-16)11-18(8-12,10-16)21-15-4-3-13(19)5-14(15)20/h3-5,12,21H,6-11,20H2,1-2H3. The van der Waals surface area contributed by atoms with Crippen molar-refractivity contribution in [1.29, 1.82) is 0 Å². The van der Waals surface area contributed by atoms with Crippen LogP contribution in [0.15, 0.2) is 18.2 Å². The molecule has 0 radical (unpaired) electrons. The maximum atomic E-state index is 6.25. The molecular formula is C18H25IN2. The summed E-state index contributed by atoms with van der Waals surface area (Å²) in [6.07, 6.45) is 8.27. The molecule has 4 aliphatic rings. The van der Waals surface area contributed by atoms with E-state index >= 15 is 0 Å². The minimum Gasteiger partial charge on any atom is -0.397 e. The van der Waals surface area contributed by atoms with Crippen LogP contribution in [0.25, 0.3) is 0 Å². The van der Waals surface area contributed by atoms with E-state index in [1.165, 1.54) is 42.1 Å². The van der Waals surface area contributed by atoms with E-state index in [0.29, 0.717) is 10.8 Å². The molecule has 3 N–H and O–H groups in total. The first-order chi connectivity index (χ1) is 9.79. The van der Waals surface area contributed by atoms with Crippen LogP contribution in [-0.2, 0) is 0 Å². The number of benzene rings is 1. The molecule has 5 rings (SSSR count). The van der Waals surface area contributed by atoms with Crippen LogP contribution in [0.1, 0.15) is 52.4 Å². The molecule has 1 aromatic carbocycles. The van der Waals surface area contributed by atoms with Gasteiger partial charge >= 0.3 is 0 Å². The molecule has 0 spiro atoms. The summed E-state index contributed by atoms with van der Waals surface area (Å²) >= 11 is 2.33. The molecule has 0 aliphatic heterocycles. The zero-order chi connectivity index (χ0) is 14.9. The van der Waals surface area contributed by atoms with Gasteiger partial charge in [0.25, 0.3) is 0 Å². The van der Waals surface area contributed by atoms with Crippen molar-refractivity contribution in [2.45, 2.75) is 57.9 Å². The zero-order valence-electron chi connectivity index (χ0n) is 13.0. The first-order valence-electron chi connectivity index (χ1n) is 8.12. The minimum atomic E-state index is 0.282. The summed E-state index contributed by atoms with van der Waals surface area (Å²) in [7, 11) is 0. The highest BCUT2D eigenvalue weighted by Crippen LogP contribution is 2.66. The zero-order valence-corrected chi connectivity index (χ0v) is 15.2. The van der Waals surface area contributed by atoms with Crippen LogP contribution in [0, 0.1) is 20.3 Å². The second-order valence-corrected chi connectivity index (χ2v) is 10.0. The predicted octanol–water partition coefficient (Wildman–Crippen LogP) is 5.03. The predicted molar refractivity (Wildman–Crippen MR) is 97.3 cm³/mol. The first-order valence-corrected chi connectivity index (χ1v) is 9.20. The Morgan fingerprint density at radius 1 is 1.10 bits per heavy atom. The van der Waals surface area contributed by atoms with Crippen LogP contribution in [0.4, 0.5) is 11.4 Å². The Morgan fingerprint density at radius 3 is 2.33 bits per heavy atom. The van der Waals surface area contributed by atoms with Crippen molar-refractivity contribution >= 4 is 34.0 Å². The van der Waals surface area contributed by atoms with Gasteiger partial charge in [0.2, 0.25) is 0 Å². The molecule has 2 atom stereocenters. The molecule has 1 aromatic rings. The van der Waals surface area contributed by atoms with Gasteiger partial charge in [-0.15, -0.1) is 0 Å². The van der Waals surface area contributed by atoms with Crippen LogP contribution in [0.3, 0.4) is 0 Å². The Bertz CT molecular complexity index is 579. The lowest BCUT2D eigenvalue weighted by Crippen LogP contribution is -2.61. The third-order valence-corrected chi connectivity index (χ3v) is 6.71. The van der Waals surface area contributed by atoms with E-state index in [2.05, 4.69) is 60.0 Å². The highest BCUT2D eigenvalue weighted by Gasteiger charge is 2.60. The smallest absolute Gasteiger partial charge is 0.0578 e. The Hall–Kier alpha value is -0.450. The molecule has 2 nitrogen and oxygen atoms in total. The monoisotopic (exact) mass is 396 g/mol. The van der Waals surface area contributed by atoms with Crippen LogP contribution in [0.5, 0.6) is 0 Å². The first kappa shape index (κ1) is 14.2. The second-order valence-electron chi connectivity index (χ2n) is 8.77. The molecule has 0 aromatic heterocycles. The van der Waals surface area contributed by atoms with Gasteiger partial charge in [0, 0.05) is 9.11 Å². The summed E-state index contributed by atoms with van der Waals surface area (Å²) < 4.78 is 1.21. The SMILES string of the molecule is CC12CC3CC(C)(C1)CC(Nc1ccc(I)cc1N)(C3)C2. The van der Waals surface area contributed by atoms with Gasteiger partial charge in [-0.25, -0.2) is 0 Å². The lowest BCUT2D eigenvalue weighted by Gasteiger charge is -2.65. The van der Waals surface area contributed by atoms with Crippen molar-refractivity contribution in [3.63, 3.8) is 0 Å². The molecule has 2 unspecified atom stereocenters. The number of rotatable bonds is 2. The molecule has 0 amide bonds.